The molecule has 9 nitrogen and oxygen atoms in total. The Hall–Kier alpha value is -2.46. The Morgan fingerprint density at radius 1 is 1.09 bits per heavy atom. The molecule has 3 rings (SSSR count). The highest BCUT2D eigenvalue weighted by Gasteiger charge is 2.41. The fourth-order valence-electron chi connectivity index (χ4n) is 4.41. The Morgan fingerprint density at radius 3 is 2.42 bits per heavy atom. The van der Waals surface area contributed by atoms with Gasteiger partial charge in [0.2, 0.25) is 21.8 Å². The Morgan fingerprint density at radius 2 is 1.76 bits per heavy atom. The van der Waals surface area contributed by atoms with E-state index in [1.165, 1.54) is 16.3 Å². The minimum absolute atomic E-state index is 0.157. The molecule has 0 saturated carbocycles. The van der Waals surface area contributed by atoms with Crippen LogP contribution in [0.15, 0.2) is 29.2 Å². The van der Waals surface area contributed by atoms with E-state index in [1.54, 1.807) is 36.1 Å². The summed E-state index contributed by atoms with van der Waals surface area (Å²) >= 11 is 0. The van der Waals surface area contributed by atoms with Crippen LogP contribution in [0.5, 0.6) is 0 Å². The van der Waals surface area contributed by atoms with Gasteiger partial charge in [0.05, 0.1) is 24.0 Å². The lowest BCUT2D eigenvalue weighted by Crippen LogP contribution is -2.51. The van der Waals surface area contributed by atoms with E-state index in [2.05, 4.69) is 0 Å². The first-order chi connectivity index (χ1) is 15.6. The Labute approximate surface area is 195 Å². The molecule has 0 aliphatic carbocycles. The van der Waals surface area contributed by atoms with E-state index in [-0.39, 0.29) is 42.3 Å². The van der Waals surface area contributed by atoms with Crippen molar-refractivity contribution in [3.8, 4) is 0 Å². The molecule has 0 aromatic heterocycles. The van der Waals surface area contributed by atoms with Gasteiger partial charge in [0.25, 0.3) is 0 Å². The van der Waals surface area contributed by atoms with E-state index in [1.807, 2.05) is 6.92 Å². The van der Waals surface area contributed by atoms with Gasteiger partial charge < -0.3 is 14.5 Å². The normalized spacial score (nSPS) is 21.6. The summed E-state index contributed by atoms with van der Waals surface area (Å²) < 4.78 is 32.6. The zero-order valence-corrected chi connectivity index (χ0v) is 20.3. The van der Waals surface area contributed by atoms with Gasteiger partial charge in [-0.25, -0.2) is 8.42 Å². The second kappa shape index (κ2) is 10.6. The number of likely N-dealkylation sites (N-methyl/N-ethyl adjacent to an activating group) is 1. The minimum atomic E-state index is -3.82. The monoisotopic (exact) mass is 479 g/mol. The standard InChI is InChI=1S/C23H33N3O6S/c1-4-32-23(29)18-7-5-13-25(15-18)21(27)16-24(3)22(28)20-8-6-14-26(20)33(30,31)19-11-9-17(2)10-12-19/h9-12,18,20H,4-8,13-16H2,1-3H3/t18?,20-/m0/s1. The van der Waals surface area contributed by atoms with Crippen LogP contribution in [-0.4, -0.2) is 86.2 Å². The molecule has 2 atom stereocenters. The first kappa shape index (κ1) is 25.2. The molecule has 0 bridgehead atoms. The van der Waals surface area contributed by atoms with Gasteiger partial charge in [-0.15, -0.1) is 0 Å². The lowest BCUT2D eigenvalue weighted by Gasteiger charge is -2.33. The van der Waals surface area contributed by atoms with Gasteiger partial charge in [0, 0.05) is 26.7 Å². The number of carbonyl (C=O) groups excluding carboxylic acids is 3. The van der Waals surface area contributed by atoms with Crippen LogP contribution >= 0.6 is 0 Å². The number of amides is 2. The molecule has 2 amide bonds. The zero-order chi connectivity index (χ0) is 24.2. The number of nitrogens with zero attached hydrogens (tertiary/aromatic N) is 3. The SMILES string of the molecule is CCOC(=O)C1CCCN(C(=O)CN(C)C(=O)[C@@H]2CCCN2S(=O)(=O)c2ccc(C)cc2)C1. The van der Waals surface area contributed by atoms with Crippen molar-refractivity contribution >= 4 is 27.8 Å². The molecule has 1 aromatic rings. The van der Waals surface area contributed by atoms with E-state index in [4.69, 9.17) is 4.74 Å². The van der Waals surface area contributed by atoms with E-state index < -0.39 is 22.0 Å². The van der Waals surface area contributed by atoms with Crippen LogP contribution in [0.2, 0.25) is 0 Å². The van der Waals surface area contributed by atoms with Crippen molar-refractivity contribution in [1.82, 2.24) is 14.1 Å². The number of likely N-dealkylation sites (tertiary alicyclic amines) is 1. The maximum atomic E-state index is 13.1. The average molecular weight is 480 g/mol. The predicted molar refractivity (Wildman–Crippen MR) is 122 cm³/mol. The maximum Gasteiger partial charge on any atom is 0.310 e. The van der Waals surface area contributed by atoms with Crippen LogP contribution in [0, 0.1) is 12.8 Å². The van der Waals surface area contributed by atoms with Crippen molar-refractivity contribution in [2.75, 3.05) is 39.8 Å². The van der Waals surface area contributed by atoms with Crippen molar-refractivity contribution in [1.29, 1.82) is 0 Å². The van der Waals surface area contributed by atoms with Crippen LogP contribution in [0.1, 0.15) is 38.2 Å². The predicted octanol–water partition coefficient (Wildman–Crippen LogP) is 1.41. The summed E-state index contributed by atoms with van der Waals surface area (Å²) in [6.07, 6.45) is 2.36. The van der Waals surface area contributed by atoms with Gasteiger partial charge >= 0.3 is 5.97 Å². The minimum Gasteiger partial charge on any atom is -0.466 e. The van der Waals surface area contributed by atoms with Gasteiger partial charge in [0.15, 0.2) is 0 Å². The third-order valence-electron chi connectivity index (χ3n) is 6.26. The number of sulfonamides is 1. The molecule has 0 N–H and O–H groups in total. The molecule has 2 heterocycles. The number of aryl methyl sites for hydroxylation is 1. The fourth-order valence-corrected chi connectivity index (χ4v) is 6.06. The molecular formula is C23H33N3O6S. The highest BCUT2D eigenvalue weighted by Crippen LogP contribution is 2.27. The molecule has 10 heteroatoms. The number of ether oxygens (including phenoxy) is 1. The van der Waals surface area contributed by atoms with Crippen LogP contribution < -0.4 is 0 Å². The van der Waals surface area contributed by atoms with Crippen LogP contribution in [0.3, 0.4) is 0 Å². The highest BCUT2D eigenvalue weighted by atomic mass is 32.2. The fraction of sp³-hybridized carbons (Fsp3) is 0.609. The summed E-state index contributed by atoms with van der Waals surface area (Å²) in [7, 11) is -2.30. The van der Waals surface area contributed by atoms with E-state index in [0.717, 1.165) is 5.56 Å². The third kappa shape index (κ3) is 5.73. The van der Waals surface area contributed by atoms with Gasteiger partial charge in [0.1, 0.15) is 6.04 Å². The van der Waals surface area contributed by atoms with Gasteiger partial charge in [-0.2, -0.15) is 4.31 Å². The van der Waals surface area contributed by atoms with Gasteiger partial charge in [-0.1, -0.05) is 17.7 Å². The number of piperidine rings is 1. The first-order valence-electron chi connectivity index (χ1n) is 11.4. The van der Waals surface area contributed by atoms with Crippen LogP contribution in [0.25, 0.3) is 0 Å². The van der Waals surface area contributed by atoms with Crippen molar-refractivity contribution in [2.45, 2.75) is 50.5 Å². The molecule has 0 spiro atoms. The molecule has 33 heavy (non-hydrogen) atoms. The molecule has 2 aliphatic rings. The number of carbonyl (C=O) groups is 3. The lowest BCUT2D eigenvalue weighted by molar-refractivity contribution is -0.152. The molecule has 0 radical (unpaired) electrons. The highest BCUT2D eigenvalue weighted by molar-refractivity contribution is 7.89. The van der Waals surface area contributed by atoms with Crippen molar-refractivity contribution in [3.63, 3.8) is 0 Å². The first-order valence-corrected chi connectivity index (χ1v) is 12.9. The molecule has 2 saturated heterocycles. The summed E-state index contributed by atoms with van der Waals surface area (Å²) in [6, 6.07) is 5.73. The Kier molecular flexibility index (Phi) is 8.12. The summed E-state index contributed by atoms with van der Waals surface area (Å²) in [5, 5.41) is 0. The van der Waals surface area contributed by atoms with Gasteiger partial charge in [-0.05, 0) is 51.7 Å². The van der Waals surface area contributed by atoms with E-state index in [0.29, 0.717) is 38.8 Å². The summed E-state index contributed by atoms with van der Waals surface area (Å²) in [4.78, 5) is 41.1. The molecular weight excluding hydrogens is 446 g/mol. The topological polar surface area (TPSA) is 104 Å². The lowest BCUT2D eigenvalue weighted by atomic mass is 9.98. The largest absolute Gasteiger partial charge is 0.466 e. The van der Waals surface area contributed by atoms with Crippen molar-refractivity contribution in [2.24, 2.45) is 5.92 Å². The summed E-state index contributed by atoms with van der Waals surface area (Å²) in [5.74, 6) is -1.31. The molecule has 2 aliphatic heterocycles. The molecule has 2 fully saturated rings. The zero-order valence-electron chi connectivity index (χ0n) is 19.5. The van der Waals surface area contributed by atoms with Crippen LogP contribution in [-0.2, 0) is 29.1 Å². The second-order valence-electron chi connectivity index (χ2n) is 8.71. The Bertz CT molecular complexity index is 978. The smallest absolute Gasteiger partial charge is 0.310 e. The van der Waals surface area contributed by atoms with Crippen LogP contribution in [0.4, 0.5) is 0 Å². The van der Waals surface area contributed by atoms with E-state index >= 15 is 0 Å². The average Bonchev–Trinajstić information content (AvgIpc) is 3.30. The number of esters is 1. The second-order valence-corrected chi connectivity index (χ2v) is 10.6. The molecule has 182 valence electrons. The number of rotatable bonds is 7. The Balaban J connectivity index is 1.64. The maximum absolute atomic E-state index is 13.1. The summed E-state index contributed by atoms with van der Waals surface area (Å²) in [6.45, 7) is 4.82. The molecule has 1 unspecified atom stereocenters. The summed E-state index contributed by atoms with van der Waals surface area (Å²) in [5.41, 5.74) is 0.948. The third-order valence-corrected chi connectivity index (χ3v) is 8.18. The number of hydrogen-bond acceptors (Lipinski definition) is 6. The van der Waals surface area contributed by atoms with Crippen molar-refractivity contribution in [3.05, 3.63) is 29.8 Å². The number of hydrogen-bond donors (Lipinski definition) is 0. The quantitative estimate of drug-likeness (QED) is 0.548. The number of benzene rings is 1. The van der Waals surface area contributed by atoms with E-state index in [9.17, 15) is 22.8 Å². The van der Waals surface area contributed by atoms with Gasteiger partial charge in [-0.3, -0.25) is 14.4 Å². The van der Waals surface area contributed by atoms with Crippen molar-refractivity contribution < 1.29 is 27.5 Å². The molecule has 1 aromatic carbocycles.